The Bertz CT molecular complexity index is 231. The fraction of sp³-hybridized carbons (Fsp3) is 0.333. The third kappa shape index (κ3) is 2.78. The molecule has 12 heavy (non-hydrogen) atoms. The largest absolute Gasteiger partial charge is 0.508 e. The second-order valence-electron chi connectivity index (χ2n) is 2.59. The monoisotopic (exact) mass is 170 g/mol. The van der Waals surface area contributed by atoms with Gasteiger partial charge >= 0.3 is 0 Å². The smallest absolute Gasteiger partial charge is 0.131 e. The first-order valence-corrected chi connectivity index (χ1v) is 3.74. The first-order valence-electron chi connectivity index (χ1n) is 3.74. The predicted octanol–water partition coefficient (Wildman–Crippen LogP) is 2.13. The Kier molecular flexibility index (Phi) is 2.91. The maximum Gasteiger partial charge on any atom is 0.131 e. The van der Waals surface area contributed by atoms with E-state index in [1.165, 1.54) is 19.1 Å². The summed E-state index contributed by atoms with van der Waals surface area (Å²) in [5, 5.41) is 8.90. The van der Waals surface area contributed by atoms with Crippen LogP contribution in [0.5, 0.6) is 11.5 Å². The number of benzene rings is 1. The van der Waals surface area contributed by atoms with Crippen molar-refractivity contribution >= 4 is 0 Å². The minimum absolute atomic E-state index is 0.0464. The molecule has 0 aromatic heterocycles. The molecule has 0 fully saturated rings. The van der Waals surface area contributed by atoms with Crippen molar-refractivity contribution in [2.75, 3.05) is 6.61 Å². The van der Waals surface area contributed by atoms with Gasteiger partial charge in [-0.3, -0.25) is 0 Å². The molecule has 0 bridgehead atoms. The maximum absolute atomic E-state index is 12.3. The average Bonchev–Trinajstić information content (AvgIpc) is 2.03. The van der Waals surface area contributed by atoms with Crippen LogP contribution in [0.2, 0.25) is 0 Å². The first kappa shape index (κ1) is 8.84. The molecule has 0 amide bonds. The fourth-order valence-corrected chi connectivity index (χ4v) is 0.753. The highest BCUT2D eigenvalue weighted by Gasteiger charge is 1.98. The number of hydrogen-bond donors (Lipinski definition) is 1. The molecule has 1 atom stereocenters. The molecular formula is C9H11FO2. The summed E-state index contributed by atoms with van der Waals surface area (Å²) in [7, 11) is 0. The van der Waals surface area contributed by atoms with Gasteiger partial charge in [0.1, 0.15) is 24.3 Å². The number of hydrogen-bond acceptors (Lipinski definition) is 2. The van der Waals surface area contributed by atoms with E-state index in [4.69, 9.17) is 9.84 Å². The van der Waals surface area contributed by atoms with Gasteiger partial charge in [0.25, 0.3) is 0 Å². The van der Waals surface area contributed by atoms with Crippen molar-refractivity contribution < 1.29 is 14.2 Å². The Morgan fingerprint density at radius 2 is 2.00 bits per heavy atom. The average molecular weight is 170 g/mol. The second-order valence-corrected chi connectivity index (χ2v) is 2.59. The van der Waals surface area contributed by atoms with Gasteiger partial charge in [0, 0.05) is 0 Å². The summed E-state index contributed by atoms with van der Waals surface area (Å²) in [6, 6.07) is 6.19. The lowest BCUT2D eigenvalue weighted by molar-refractivity contribution is 0.209. The van der Waals surface area contributed by atoms with Gasteiger partial charge in [-0.1, -0.05) is 0 Å². The van der Waals surface area contributed by atoms with Crippen LogP contribution >= 0.6 is 0 Å². The molecule has 1 rings (SSSR count). The summed E-state index contributed by atoms with van der Waals surface area (Å²) >= 11 is 0. The van der Waals surface area contributed by atoms with Crippen molar-refractivity contribution in [2.45, 2.75) is 13.1 Å². The summed E-state index contributed by atoms with van der Waals surface area (Å²) in [6.07, 6.45) is -0.973. The molecule has 0 heterocycles. The number of phenolic OH excluding ortho intramolecular Hbond substituents is 1. The minimum Gasteiger partial charge on any atom is -0.508 e. The van der Waals surface area contributed by atoms with Crippen LogP contribution in [-0.2, 0) is 0 Å². The molecule has 1 aromatic rings. The van der Waals surface area contributed by atoms with E-state index in [-0.39, 0.29) is 12.4 Å². The summed E-state index contributed by atoms with van der Waals surface area (Å²) in [6.45, 7) is 1.48. The molecule has 0 radical (unpaired) electrons. The molecule has 1 N–H and O–H groups in total. The molecule has 0 aliphatic rings. The fourth-order valence-electron chi connectivity index (χ4n) is 0.753. The third-order valence-corrected chi connectivity index (χ3v) is 1.32. The Morgan fingerprint density at radius 3 is 2.50 bits per heavy atom. The van der Waals surface area contributed by atoms with Crippen LogP contribution in [-0.4, -0.2) is 17.9 Å². The molecule has 1 unspecified atom stereocenters. The number of phenols is 1. The highest BCUT2D eigenvalue weighted by Crippen LogP contribution is 2.15. The van der Waals surface area contributed by atoms with Crippen LogP contribution in [0.25, 0.3) is 0 Å². The summed E-state index contributed by atoms with van der Waals surface area (Å²) < 4.78 is 17.3. The van der Waals surface area contributed by atoms with Crippen LogP contribution in [0.3, 0.4) is 0 Å². The Balaban J connectivity index is 2.48. The van der Waals surface area contributed by atoms with Gasteiger partial charge in [0.05, 0.1) is 0 Å². The topological polar surface area (TPSA) is 29.5 Å². The molecule has 0 aliphatic carbocycles. The van der Waals surface area contributed by atoms with Crippen molar-refractivity contribution in [3.8, 4) is 11.5 Å². The van der Waals surface area contributed by atoms with E-state index in [0.29, 0.717) is 5.75 Å². The van der Waals surface area contributed by atoms with Crippen molar-refractivity contribution in [1.82, 2.24) is 0 Å². The number of alkyl halides is 1. The number of ether oxygens (including phenoxy) is 1. The zero-order valence-corrected chi connectivity index (χ0v) is 6.83. The number of halogens is 1. The first-order chi connectivity index (χ1) is 5.68. The molecule has 3 heteroatoms. The third-order valence-electron chi connectivity index (χ3n) is 1.32. The minimum atomic E-state index is -0.973. The highest BCUT2D eigenvalue weighted by molar-refractivity contribution is 5.29. The lowest BCUT2D eigenvalue weighted by Crippen LogP contribution is -2.07. The van der Waals surface area contributed by atoms with Crippen LogP contribution in [0.15, 0.2) is 24.3 Å². The molecular weight excluding hydrogens is 159 g/mol. The zero-order valence-electron chi connectivity index (χ0n) is 6.83. The quantitative estimate of drug-likeness (QED) is 0.752. The zero-order chi connectivity index (χ0) is 8.97. The number of rotatable bonds is 3. The lowest BCUT2D eigenvalue weighted by Gasteiger charge is -2.05. The van der Waals surface area contributed by atoms with Gasteiger partial charge in [-0.05, 0) is 31.2 Å². The standard InChI is InChI=1S/C9H11FO2/c1-7(10)6-12-9-4-2-8(11)3-5-9/h2-5,7,11H,6H2,1H3. The molecule has 0 saturated heterocycles. The SMILES string of the molecule is CC(F)COc1ccc(O)cc1. The normalized spacial score (nSPS) is 12.5. The van der Waals surface area contributed by atoms with Gasteiger partial charge < -0.3 is 9.84 Å². The number of aromatic hydroxyl groups is 1. The van der Waals surface area contributed by atoms with Crippen LogP contribution in [0.1, 0.15) is 6.92 Å². The van der Waals surface area contributed by atoms with Crippen molar-refractivity contribution in [3.63, 3.8) is 0 Å². The molecule has 2 nitrogen and oxygen atoms in total. The Hall–Kier alpha value is -1.25. The van der Waals surface area contributed by atoms with Crippen molar-refractivity contribution in [2.24, 2.45) is 0 Å². The van der Waals surface area contributed by atoms with Gasteiger partial charge in [-0.25, -0.2) is 4.39 Å². The van der Waals surface area contributed by atoms with E-state index in [0.717, 1.165) is 0 Å². The summed E-state index contributed by atoms with van der Waals surface area (Å²) in [5.74, 6) is 0.743. The molecule has 0 saturated carbocycles. The van der Waals surface area contributed by atoms with Gasteiger partial charge in [0.2, 0.25) is 0 Å². The molecule has 0 spiro atoms. The lowest BCUT2D eigenvalue weighted by atomic mass is 10.3. The van der Waals surface area contributed by atoms with Crippen LogP contribution < -0.4 is 4.74 Å². The molecule has 66 valence electrons. The van der Waals surface area contributed by atoms with E-state index >= 15 is 0 Å². The van der Waals surface area contributed by atoms with Crippen LogP contribution in [0.4, 0.5) is 4.39 Å². The summed E-state index contributed by atoms with van der Waals surface area (Å²) in [4.78, 5) is 0. The molecule has 0 aliphatic heterocycles. The van der Waals surface area contributed by atoms with E-state index in [1.54, 1.807) is 12.1 Å². The molecule has 1 aromatic carbocycles. The van der Waals surface area contributed by atoms with E-state index in [9.17, 15) is 4.39 Å². The predicted molar refractivity (Wildman–Crippen MR) is 44.2 cm³/mol. The Morgan fingerprint density at radius 1 is 1.42 bits per heavy atom. The Labute approximate surface area is 70.6 Å². The maximum atomic E-state index is 12.3. The highest BCUT2D eigenvalue weighted by atomic mass is 19.1. The van der Waals surface area contributed by atoms with Crippen LogP contribution in [0, 0.1) is 0 Å². The van der Waals surface area contributed by atoms with E-state index in [2.05, 4.69) is 0 Å². The van der Waals surface area contributed by atoms with E-state index < -0.39 is 6.17 Å². The van der Waals surface area contributed by atoms with Gasteiger partial charge in [0.15, 0.2) is 0 Å². The van der Waals surface area contributed by atoms with Crippen molar-refractivity contribution in [3.05, 3.63) is 24.3 Å². The van der Waals surface area contributed by atoms with Gasteiger partial charge in [-0.2, -0.15) is 0 Å². The second kappa shape index (κ2) is 3.95. The van der Waals surface area contributed by atoms with Crippen molar-refractivity contribution in [1.29, 1.82) is 0 Å². The van der Waals surface area contributed by atoms with Gasteiger partial charge in [-0.15, -0.1) is 0 Å². The summed E-state index contributed by atoms with van der Waals surface area (Å²) in [5.41, 5.74) is 0. The van der Waals surface area contributed by atoms with E-state index in [1.807, 2.05) is 0 Å².